The smallest absolute Gasteiger partial charge is 0.325 e. The third kappa shape index (κ3) is 4.74. The Hall–Kier alpha value is -2.51. The molecule has 1 amide bonds. The molecule has 1 aliphatic rings. The maximum Gasteiger partial charge on any atom is 0.325 e. The van der Waals surface area contributed by atoms with Gasteiger partial charge >= 0.3 is 10.1 Å². The van der Waals surface area contributed by atoms with Crippen LogP contribution in [0.4, 0.5) is 0 Å². The monoisotopic (exact) mass is 366 g/mol. The van der Waals surface area contributed by atoms with E-state index in [9.17, 15) is 13.2 Å². The lowest BCUT2D eigenvalue weighted by Gasteiger charge is -2.07. The van der Waals surface area contributed by atoms with Gasteiger partial charge in [-0.25, -0.2) is 0 Å². The summed E-state index contributed by atoms with van der Waals surface area (Å²) in [6, 6.07) is 8.88. The summed E-state index contributed by atoms with van der Waals surface area (Å²) in [5, 5.41) is 14.5. The minimum Gasteiger partial charge on any atom is -0.367 e. The van der Waals surface area contributed by atoms with Gasteiger partial charge in [0.05, 0.1) is 12.3 Å². The van der Waals surface area contributed by atoms with E-state index in [1.165, 1.54) is 0 Å². The number of nitrogens with one attached hydrogen (secondary N) is 1. The van der Waals surface area contributed by atoms with Crippen LogP contribution >= 0.6 is 11.8 Å². The first kappa shape index (κ1) is 17.8. The van der Waals surface area contributed by atoms with Crippen LogP contribution in [0.5, 0.6) is 0 Å². The summed E-state index contributed by atoms with van der Waals surface area (Å²) in [4.78, 5) is 12.1. The molecule has 1 heterocycles. The van der Waals surface area contributed by atoms with Crippen molar-refractivity contribution in [1.29, 1.82) is 5.26 Å². The van der Waals surface area contributed by atoms with Crippen LogP contribution in [0.2, 0.25) is 0 Å². The van der Waals surface area contributed by atoms with Crippen LogP contribution in [0.1, 0.15) is 15.9 Å². The van der Waals surface area contributed by atoms with Gasteiger partial charge in [-0.1, -0.05) is 12.1 Å². The topological polar surface area (TPSA) is 135 Å². The fraction of sp³-hybridized carbons (Fsp3) is 0.214. The number of hydrogen-bond acceptors (Lipinski definition) is 7. The molecule has 0 aromatic heterocycles. The molecule has 10 heteroatoms. The summed E-state index contributed by atoms with van der Waals surface area (Å²) in [6.07, 6.45) is 0.801. The van der Waals surface area contributed by atoms with Gasteiger partial charge in [0.1, 0.15) is 0 Å². The number of oxime groups is 1. The first-order chi connectivity index (χ1) is 11.3. The SMILES string of the molecule is CS(=O)(=O)ON=C(N)NC(=O)c1cccc(C2=C(C#N)CSC2)c1. The maximum absolute atomic E-state index is 12.1. The van der Waals surface area contributed by atoms with Crippen LogP contribution in [-0.2, 0) is 14.4 Å². The molecule has 0 saturated carbocycles. The van der Waals surface area contributed by atoms with Crippen LogP contribution in [0.3, 0.4) is 0 Å². The van der Waals surface area contributed by atoms with Crippen LogP contribution < -0.4 is 11.1 Å². The van der Waals surface area contributed by atoms with Crippen molar-refractivity contribution >= 4 is 39.3 Å². The molecule has 3 N–H and O–H groups in total. The van der Waals surface area contributed by atoms with Crippen molar-refractivity contribution in [2.45, 2.75) is 0 Å². The van der Waals surface area contributed by atoms with E-state index in [0.29, 0.717) is 22.6 Å². The third-order valence-corrected chi connectivity index (χ3v) is 4.31. The zero-order valence-corrected chi connectivity index (χ0v) is 14.3. The summed E-state index contributed by atoms with van der Waals surface area (Å²) < 4.78 is 25.8. The lowest BCUT2D eigenvalue weighted by molar-refractivity contribution is 0.0975. The number of benzene rings is 1. The predicted octanol–water partition coefficient (Wildman–Crippen LogP) is 0.646. The molecule has 8 nitrogen and oxygen atoms in total. The number of amides is 1. The normalized spacial score (nSPS) is 15.1. The fourth-order valence-electron chi connectivity index (χ4n) is 1.95. The Balaban J connectivity index is 2.17. The minimum absolute atomic E-state index is 0.298. The zero-order valence-electron chi connectivity index (χ0n) is 12.6. The van der Waals surface area contributed by atoms with Gasteiger partial charge in [-0.05, 0) is 28.4 Å². The maximum atomic E-state index is 12.1. The molecule has 24 heavy (non-hydrogen) atoms. The largest absolute Gasteiger partial charge is 0.367 e. The Morgan fingerprint density at radius 3 is 2.88 bits per heavy atom. The molecule has 0 atom stereocenters. The number of carbonyl (C=O) groups is 1. The molecule has 0 aliphatic carbocycles. The molecule has 0 saturated heterocycles. The lowest BCUT2D eigenvalue weighted by atomic mass is 10.0. The highest BCUT2D eigenvalue weighted by atomic mass is 32.2. The molecule has 0 radical (unpaired) electrons. The molecule has 1 aromatic rings. The van der Waals surface area contributed by atoms with Gasteiger partial charge in [-0.2, -0.15) is 25.4 Å². The van der Waals surface area contributed by atoms with Gasteiger partial charge in [0, 0.05) is 22.6 Å². The standard InChI is InChI=1S/C14H14N4O4S2/c1-24(20,21)22-18-14(16)17-13(19)10-4-2-3-9(5-10)12-8-23-7-11(12)6-15/h2-5H,7-8H2,1H3,(H3,16,17,18,19). The second-order valence-electron chi connectivity index (χ2n) is 4.85. The van der Waals surface area contributed by atoms with E-state index < -0.39 is 22.0 Å². The fourth-order valence-corrected chi connectivity index (χ4v) is 3.26. The summed E-state index contributed by atoms with van der Waals surface area (Å²) in [5.74, 6) is 0.314. The summed E-state index contributed by atoms with van der Waals surface area (Å²) in [7, 11) is -3.80. The minimum atomic E-state index is -3.80. The average Bonchev–Trinajstić information content (AvgIpc) is 3.01. The summed E-state index contributed by atoms with van der Waals surface area (Å²) in [5.41, 5.74) is 8.07. The van der Waals surface area contributed by atoms with Crippen LogP contribution in [0.15, 0.2) is 35.0 Å². The number of guanidine groups is 1. The zero-order chi connectivity index (χ0) is 17.7. The van der Waals surface area contributed by atoms with Gasteiger partial charge in [-0.15, -0.1) is 0 Å². The van der Waals surface area contributed by atoms with Crippen LogP contribution in [-0.4, -0.2) is 38.0 Å². The Bertz CT molecular complexity index is 869. The van der Waals surface area contributed by atoms with Crippen molar-refractivity contribution in [3.8, 4) is 6.07 Å². The highest BCUT2D eigenvalue weighted by Gasteiger charge is 2.17. The first-order valence-electron chi connectivity index (χ1n) is 6.64. The van der Waals surface area contributed by atoms with Crippen LogP contribution in [0, 0.1) is 11.3 Å². The van der Waals surface area contributed by atoms with Crippen LogP contribution in [0.25, 0.3) is 5.57 Å². The first-order valence-corrected chi connectivity index (χ1v) is 9.61. The number of nitriles is 1. The lowest BCUT2D eigenvalue weighted by Crippen LogP contribution is -2.37. The van der Waals surface area contributed by atoms with E-state index >= 15 is 0 Å². The predicted molar refractivity (Wildman–Crippen MR) is 91.3 cm³/mol. The van der Waals surface area contributed by atoms with Crippen molar-refractivity contribution < 1.29 is 17.5 Å². The second-order valence-corrected chi connectivity index (χ2v) is 7.39. The van der Waals surface area contributed by atoms with E-state index in [1.807, 2.05) is 6.07 Å². The van der Waals surface area contributed by atoms with Gasteiger partial charge in [0.15, 0.2) is 0 Å². The molecule has 126 valence electrons. The number of rotatable bonds is 4. The van der Waals surface area contributed by atoms with Gasteiger partial charge < -0.3 is 5.73 Å². The van der Waals surface area contributed by atoms with E-state index in [2.05, 4.69) is 20.8 Å². The van der Waals surface area contributed by atoms with Crippen molar-refractivity contribution in [3.63, 3.8) is 0 Å². The van der Waals surface area contributed by atoms with Crippen molar-refractivity contribution in [2.75, 3.05) is 17.8 Å². The number of carbonyl (C=O) groups excluding carboxylic acids is 1. The number of hydrogen-bond donors (Lipinski definition) is 2. The van der Waals surface area contributed by atoms with E-state index in [1.54, 1.807) is 30.0 Å². The molecule has 1 aliphatic heterocycles. The van der Waals surface area contributed by atoms with E-state index in [-0.39, 0.29) is 0 Å². The highest BCUT2D eigenvalue weighted by molar-refractivity contribution is 8.00. The highest BCUT2D eigenvalue weighted by Crippen LogP contribution is 2.31. The molecule has 0 unspecified atom stereocenters. The second kappa shape index (κ2) is 7.37. The van der Waals surface area contributed by atoms with Crippen molar-refractivity contribution in [1.82, 2.24) is 5.32 Å². The molecule has 1 aromatic carbocycles. The molecule has 0 bridgehead atoms. The molecule has 2 rings (SSSR count). The van der Waals surface area contributed by atoms with Crippen molar-refractivity contribution in [3.05, 3.63) is 41.0 Å². The summed E-state index contributed by atoms with van der Waals surface area (Å²) in [6.45, 7) is 0. The van der Waals surface area contributed by atoms with E-state index in [0.717, 1.165) is 17.4 Å². The molecular weight excluding hydrogens is 352 g/mol. The average molecular weight is 366 g/mol. The number of thioether (sulfide) groups is 1. The number of nitrogens with two attached hydrogens (primary N) is 1. The molecule has 0 fully saturated rings. The Labute approximate surface area is 143 Å². The quantitative estimate of drug-likeness (QED) is 0.454. The molecule has 0 spiro atoms. The Morgan fingerprint density at radius 1 is 1.46 bits per heavy atom. The number of nitrogens with zero attached hydrogens (tertiary/aromatic N) is 2. The van der Waals surface area contributed by atoms with E-state index in [4.69, 9.17) is 11.0 Å². The molecular formula is C14H14N4O4S2. The van der Waals surface area contributed by atoms with Gasteiger partial charge in [0.25, 0.3) is 5.91 Å². The Kier molecular flexibility index (Phi) is 5.48. The van der Waals surface area contributed by atoms with Gasteiger partial charge in [-0.3, -0.25) is 14.4 Å². The van der Waals surface area contributed by atoms with Crippen molar-refractivity contribution in [2.24, 2.45) is 10.9 Å². The third-order valence-electron chi connectivity index (χ3n) is 2.98. The Morgan fingerprint density at radius 2 is 2.21 bits per heavy atom. The van der Waals surface area contributed by atoms with Gasteiger partial charge in [0.2, 0.25) is 5.96 Å². The summed E-state index contributed by atoms with van der Waals surface area (Å²) >= 11 is 1.63.